The summed E-state index contributed by atoms with van der Waals surface area (Å²) in [6.45, 7) is 6.93. The first-order valence-electron chi connectivity index (χ1n) is 5.49. The van der Waals surface area contributed by atoms with Gasteiger partial charge in [-0.3, -0.25) is 4.79 Å². The first-order valence-corrected chi connectivity index (χ1v) is 5.49. The Bertz CT molecular complexity index is 334. The van der Waals surface area contributed by atoms with Crippen LogP contribution in [0.3, 0.4) is 0 Å². The van der Waals surface area contributed by atoms with Crippen molar-refractivity contribution >= 4 is 5.91 Å². The molecule has 1 aromatic rings. The Labute approximate surface area is 95.6 Å². The predicted molar refractivity (Wildman–Crippen MR) is 60.8 cm³/mol. The molecule has 0 bridgehead atoms. The van der Waals surface area contributed by atoms with E-state index in [-0.39, 0.29) is 11.9 Å². The van der Waals surface area contributed by atoms with Crippen LogP contribution in [0, 0.1) is 6.92 Å². The third kappa shape index (κ3) is 4.93. The first-order chi connectivity index (χ1) is 7.58. The molecular weight excluding hydrogens is 206 g/mol. The van der Waals surface area contributed by atoms with E-state index in [1.807, 2.05) is 20.8 Å². The van der Waals surface area contributed by atoms with Crippen LogP contribution in [0.2, 0.25) is 0 Å². The number of hydrogen-bond donors (Lipinski definition) is 2. The summed E-state index contributed by atoms with van der Waals surface area (Å²) in [5.74, 6) is 1.52. The van der Waals surface area contributed by atoms with Crippen LogP contribution in [0.5, 0.6) is 0 Å². The van der Waals surface area contributed by atoms with Crippen molar-refractivity contribution in [3.63, 3.8) is 0 Å². The molecule has 0 aliphatic carbocycles. The Kier molecular flexibility index (Phi) is 4.98. The molecule has 0 atom stereocenters. The van der Waals surface area contributed by atoms with E-state index in [0.29, 0.717) is 25.4 Å². The predicted octanol–water partition coefficient (Wildman–Crippen LogP) is 0.987. The van der Waals surface area contributed by atoms with Crippen LogP contribution in [-0.2, 0) is 11.3 Å². The normalized spacial score (nSPS) is 10.8. The molecule has 1 rings (SSSR count). The van der Waals surface area contributed by atoms with E-state index in [1.165, 1.54) is 0 Å². The molecule has 90 valence electrons. The second kappa shape index (κ2) is 6.27. The maximum atomic E-state index is 11.3. The molecule has 0 aliphatic heterocycles. The van der Waals surface area contributed by atoms with Crippen LogP contribution < -0.4 is 10.6 Å². The van der Waals surface area contributed by atoms with Crippen molar-refractivity contribution in [3.05, 3.63) is 17.8 Å². The molecule has 0 radical (unpaired) electrons. The van der Waals surface area contributed by atoms with Crippen LogP contribution in [-0.4, -0.2) is 23.5 Å². The molecule has 0 unspecified atom stereocenters. The number of aryl methyl sites for hydroxylation is 1. The zero-order chi connectivity index (χ0) is 12.0. The molecule has 5 nitrogen and oxygen atoms in total. The molecule has 2 N–H and O–H groups in total. The lowest BCUT2D eigenvalue weighted by molar-refractivity contribution is -0.121. The number of amides is 1. The summed E-state index contributed by atoms with van der Waals surface area (Å²) in [5, 5.41) is 5.93. The molecule has 1 amide bonds. The first kappa shape index (κ1) is 12.7. The van der Waals surface area contributed by atoms with Gasteiger partial charge in [0.05, 0.1) is 12.7 Å². The minimum Gasteiger partial charge on any atom is -0.445 e. The second-order valence-corrected chi connectivity index (χ2v) is 4.01. The van der Waals surface area contributed by atoms with Gasteiger partial charge in [-0.2, -0.15) is 0 Å². The highest BCUT2D eigenvalue weighted by Crippen LogP contribution is 2.00. The zero-order valence-corrected chi connectivity index (χ0v) is 10.0. The summed E-state index contributed by atoms with van der Waals surface area (Å²) in [6, 6.07) is 0.196. The molecule has 1 heterocycles. The highest BCUT2D eigenvalue weighted by Gasteiger charge is 2.03. The number of nitrogens with zero attached hydrogens (tertiary/aromatic N) is 1. The van der Waals surface area contributed by atoms with Crippen LogP contribution in [0.1, 0.15) is 31.9 Å². The fourth-order valence-corrected chi connectivity index (χ4v) is 1.27. The largest absolute Gasteiger partial charge is 0.445 e. The van der Waals surface area contributed by atoms with E-state index in [4.69, 9.17) is 4.42 Å². The van der Waals surface area contributed by atoms with Crippen molar-refractivity contribution in [2.75, 3.05) is 6.54 Å². The maximum absolute atomic E-state index is 11.3. The van der Waals surface area contributed by atoms with Crippen LogP contribution in [0.15, 0.2) is 10.6 Å². The van der Waals surface area contributed by atoms with Gasteiger partial charge in [0.2, 0.25) is 11.8 Å². The van der Waals surface area contributed by atoms with E-state index >= 15 is 0 Å². The zero-order valence-electron chi connectivity index (χ0n) is 10.0. The smallest absolute Gasteiger partial charge is 0.221 e. The van der Waals surface area contributed by atoms with Crippen molar-refractivity contribution in [1.82, 2.24) is 15.6 Å². The topological polar surface area (TPSA) is 67.2 Å². The molecule has 16 heavy (non-hydrogen) atoms. The number of carbonyl (C=O) groups excluding carboxylic acids is 1. The molecule has 0 saturated heterocycles. The molecule has 5 heteroatoms. The van der Waals surface area contributed by atoms with Gasteiger partial charge in [-0.1, -0.05) is 0 Å². The van der Waals surface area contributed by atoms with Gasteiger partial charge in [0.25, 0.3) is 0 Å². The lowest BCUT2D eigenvalue weighted by Crippen LogP contribution is -2.32. The van der Waals surface area contributed by atoms with Gasteiger partial charge in [-0.05, 0) is 20.8 Å². The van der Waals surface area contributed by atoms with Gasteiger partial charge in [0, 0.05) is 19.0 Å². The Hall–Kier alpha value is -1.36. The van der Waals surface area contributed by atoms with Gasteiger partial charge >= 0.3 is 0 Å². The van der Waals surface area contributed by atoms with Crippen LogP contribution in [0.25, 0.3) is 0 Å². The Balaban J connectivity index is 2.10. The van der Waals surface area contributed by atoms with E-state index in [2.05, 4.69) is 15.6 Å². The fourth-order valence-electron chi connectivity index (χ4n) is 1.27. The van der Waals surface area contributed by atoms with Crippen molar-refractivity contribution in [1.29, 1.82) is 0 Å². The number of oxazole rings is 1. The quantitative estimate of drug-likeness (QED) is 0.708. The van der Waals surface area contributed by atoms with E-state index in [0.717, 1.165) is 5.76 Å². The van der Waals surface area contributed by atoms with Crippen LogP contribution in [0.4, 0.5) is 0 Å². The number of carbonyl (C=O) groups is 1. The third-order valence-electron chi connectivity index (χ3n) is 1.92. The minimum absolute atomic E-state index is 0.0612. The van der Waals surface area contributed by atoms with Crippen molar-refractivity contribution < 1.29 is 9.21 Å². The second-order valence-electron chi connectivity index (χ2n) is 4.01. The molecule has 0 aromatic carbocycles. The summed E-state index contributed by atoms with van der Waals surface area (Å²) in [4.78, 5) is 15.3. The highest BCUT2D eigenvalue weighted by molar-refractivity contribution is 5.76. The third-order valence-corrected chi connectivity index (χ3v) is 1.92. The molecule has 0 saturated carbocycles. The summed E-state index contributed by atoms with van der Waals surface area (Å²) in [7, 11) is 0. The van der Waals surface area contributed by atoms with Gasteiger partial charge in [0.1, 0.15) is 5.76 Å². The standard InChI is InChI=1S/C11H19N3O2/c1-8(2)14-10(15)4-5-12-7-11-13-6-9(3)16-11/h6,8,12H,4-5,7H2,1-3H3,(H,14,15). The van der Waals surface area contributed by atoms with Gasteiger partial charge in [-0.15, -0.1) is 0 Å². The highest BCUT2D eigenvalue weighted by atomic mass is 16.4. The summed E-state index contributed by atoms with van der Waals surface area (Å²) in [5.41, 5.74) is 0. The van der Waals surface area contributed by atoms with Gasteiger partial charge in [0.15, 0.2) is 0 Å². The average Bonchev–Trinajstić information content (AvgIpc) is 2.58. The van der Waals surface area contributed by atoms with Crippen molar-refractivity contribution in [3.8, 4) is 0 Å². The monoisotopic (exact) mass is 225 g/mol. The number of hydrogen-bond acceptors (Lipinski definition) is 4. The number of aromatic nitrogens is 1. The molecule has 1 aromatic heterocycles. The Morgan fingerprint density at radius 3 is 2.88 bits per heavy atom. The Morgan fingerprint density at radius 2 is 2.31 bits per heavy atom. The van der Waals surface area contributed by atoms with Crippen LogP contribution >= 0.6 is 0 Å². The lowest BCUT2D eigenvalue weighted by Gasteiger charge is -2.07. The minimum atomic E-state index is 0.0612. The molecule has 0 aliphatic rings. The fraction of sp³-hybridized carbons (Fsp3) is 0.636. The van der Waals surface area contributed by atoms with E-state index < -0.39 is 0 Å². The molecule has 0 spiro atoms. The lowest BCUT2D eigenvalue weighted by atomic mass is 10.3. The Morgan fingerprint density at radius 1 is 1.56 bits per heavy atom. The number of rotatable bonds is 6. The number of nitrogens with one attached hydrogen (secondary N) is 2. The molecule has 0 fully saturated rings. The SMILES string of the molecule is Cc1cnc(CNCCC(=O)NC(C)C)o1. The summed E-state index contributed by atoms with van der Waals surface area (Å²) >= 11 is 0. The summed E-state index contributed by atoms with van der Waals surface area (Å²) in [6.07, 6.45) is 2.15. The van der Waals surface area contributed by atoms with Crippen molar-refractivity contribution in [2.24, 2.45) is 0 Å². The van der Waals surface area contributed by atoms with Gasteiger partial charge < -0.3 is 15.1 Å². The molecular formula is C11H19N3O2. The summed E-state index contributed by atoms with van der Waals surface area (Å²) < 4.78 is 5.28. The maximum Gasteiger partial charge on any atom is 0.221 e. The van der Waals surface area contributed by atoms with Gasteiger partial charge in [-0.25, -0.2) is 4.98 Å². The van der Waals surface area contributed by atoms with Crippen molar-refractivity contribution in [2.45, 2.75) is 39.8 Å². The van der Waals surface area contributed by atoms with E-state index in [1.54, 1.807) is 6.20 Å². The van der Waals surface area contributed by atoms with E-state index in [9.17, 15) is 4.79 Å². The average molecular weight is 225 g/mol.